The molecule has 1 fully saturated rings. The van der Waals surface area contributed by atoms with Gasteiger partial charge >= 0.3 is 0 Å². The van der Waals surface area contributed by atoms with E-state index < -0.39 is 0 Å². The summed E-state index contributed by atoms with van der Waals surface area (Å²) < 4.78 is 0. The molecule has 1 amide bonds. The Morgan fingerprint density at radius 2 is 2.12 bits per heavy atom. The number of amides is 1. The number of rotatable bonds is 2. The SMILES string of the molecule is Nc1ccc(C(=O)NC2CCCSC2)cc1. The Balaban J connectivity index is 1.94. The molecule has 2 rings (SSSR count). The summed E-state index contributed by atoms with van der Waals surface area (Å²) in [4.78, 5) is 11.9. The predicted molar refractivity (Wildman–Crippen MR) is 68.7 cm³/mol. The molecule has 0 aromatic heterocycles. The number of carbonyl (C=O) groups is 1. The maximum absolute atomic E-state index is 11.9. The Kier molecular flexibility index (Phi) is 3.72. The first-order valence-electron chi connectivity index (χ1n) is 5.50. The molecule has 16 heavy (non-hydrogen) atoms. The maximum Gasteiger partial charge on any atom is 0.251 e. The van der Waals surface area contributed by atoms with Crippen molar-refractivity contribution in [2.45, 2.75) is 18.9 Å². The highest BCUT2D eigenvalue weighted by Crippen LogP contribution is 2.17. The van der Waals surface area contributed by atoms with Gasteiger partial charge in [0.05, 0.1) is 0 Å². The van der Waals surface area contributed by atoms with Crippen molar-refractivity contribution in [3.63, 3.8) is 0 Å². The number of hydrogen-bond acceptors (Lipinski definition) is 3. The number of nitrogen functional groups attached to an aromatic ring is 1. The molecule has 3 nitrogen and oxygen atoms in total. The quantitative estimate of drug-likeness (QED) is 0.771. The van der Waals surface area contributed by atoms with Gasteiger partial charge < -0.3 is 11.1 Å². The Hall–Kier alpha value is -1.16. The third-order valence-corrected chi connectivity index (χ3v) is 3.88. The fourth-order valence-corrected chi connectivity index (χ4v) is 2.83. The van der Waals surface area contributed by atoms with E-state index in [-0.39, 0.29) is 5.91 Å². The normalized spacial score (nSPS) is 20.4. The summed E-state index contributed by atoms with van der Waals surface area (Å²) in [5.41, 5.74) is 6.95. The van der Waals surface area contributed by atoms with Gasteiger partial charge in [0, 0.05) is 23.0 Å². The third kappa shape index (κ3) is 2.92. The van der Waals surface area contributed by atoms with Gasteiger partial charge in [0.1, 0.15) is 0 Å². The number of benzene rings is 1. The number of anilines is 1. The molecule has 0 bridgehead atoms. The van der Waals surface area contributed by atoms with E-state index in [1.54, 1.807) is 24.3 Å². The molecule has 1 saturated heterocycles. The molecule has 4 heteroatoms. The van der Waals surface area contributed by atoms with Gasteiger partial charge in [-0.15, -0.1) is 0 Å². The third-order valence-electron chi connectivity index (χ3n) is 2.67. The Labute approximate surface area is 99.8 Å². The van der Waals surface area contributed by atoms with Crippen LogP contribution in [0.5, 0.6) is 0 Å². The molecule has 1 unspecified atom stereocenters. The summed E-state index contributed by atoms with van der Waals surface area (Å²) in [6.07, 6.45) is 2.28. The fraction of sp³-hybridized carbons (Fsp3) is 0.417. The second-order valence-corrected chi connectivity index (χ2v) is 5.16. The van der Waals surface area contributed by atoms with Gasteiger partial charge in [-0.3, -0.25) is 4.79 Å². The van der Waals surface area contributed by atoms with Crippen LogP contribution in [0.1, 0.15) is 23.2 Å². The molecule has 0 spiro atoms. The summed E-state index contributed by atoms with van der Waals surface area (Å²) in [6, 6.07) is 7.36. The minimum Gasteiger partial charge on any atom is -0.399 e. The number of carbonyl (C=O) groups excluding carboxylic acids is 1. The summed E-state index contributed by atoms with van der Waals surface area (Å²) in [6.45, 7) is 0. The second-order valence-electron chi connectivity index (χ2n) is 4.01. The first-order valence-corrected chi connectivity index (χ1v) is 6.65. The van der Waals surface area contributed by atoms with Crippen LogP contribution in [0.4, 0.5) is 5.69 Å². The summed E-state index contributed by atoms with van der Waals surface area (Å²) in [7, 11) is 0. The van der Waals surface area contributed by atoms with Gasteiger partial charge in [0.15, 0.2) is 0 Å². The molecule has 3 N–H and O–H groups in total. The van der Waals surface area contributed by atoms with Gasteiger partial charge in [-0.1, -0.05) is 0 Å². The molecular weight excluding hydrogens is 220 g/mol. The molecule has 0 aliphatic carbocycles. The van der Waals surface area contributed by atoms with Crippen LogP contribution in [0.3, 0.4) is 0 Å². The monoisotopic (exact) mass is 236 g/mol. The van der Waals surface area contributed by atoms with E-state index >= 15 is 0 Å². The summed E-state index contributed by atoms with van der Waals surface area (Å²) >= 11 is 1.91. The van der Waals surface area contributed by atoms with Crippen molar-refractivity contribution in [3.05, 3.63) is 29.8 Å². The zero-order valence-electron chi connectivity index (χ0n) is 9.11. The van der Waals surface area contributed by atoms with Crippen molar-refractivity contribution in [3.8, 4) is 0 Å². The molecule has 0 saturated carbocycles. The number of thioether (sulfide) groups is 1. The minimum atomic E-state index is 0.00694. The molecule has 1 heterocycles. The first kappa shape index (κ1) is 11.3. The van der Waals surface area contributed by atoms with Crippen LogP contribution in [-0.2, 0) is 0 Å². The smallest absolute Gasteiger partial charge is 0.251 e. The van der Waals surface area contributed by atoms with Crippen molar-refractivity contribution in [2.24, 2.45) is 0 Å². The van der Waals surface area contributed by atoms with Gasteiger partial charge in [0.25, 0.3) is 5.91 Å². The lowest BCUT2D eigenvalue weighted by molar-refractivity contribution is 0.0938. The average molecular weight is 236 g/mol. The zero-order valence-corrected chi connectivity index (χ0v) is 9.93. The highest BCUT2D eigenvalue weighted by Gasteiger charge is 2.16. The maximum atomic E-state index is 11.9. The zero-order chi connectivity index (χ0) is 11.4. The Morgan fingerprint density at radius 1 is 1.38 bits per heavy atom. The molecule has 1 aromatic carbocycles. The van der Waals surface area contributed by atoms with Crippen LogP contribution in [0, 0.1) is 0 Å². The number of hydrogen-bond donors (Lipinski definition) is 2. The largest absolute Gasteiger partial charge is 0.399 e. The van der Waals surface area contributed by atoms with Crippen molar-refractivity contribution in [2.75, 3.05) is 17.2 Å². The molecule has 86 valence electrons. The van der Waals surface area contributed by atoms with E-state index in [0.717, 1.165) is 12.2 Å². The number of nitrogens with two attached hydrogens (primary N) is 1. The van der Waals surface area contributed by atoms with Crippen LogP contribution >= 0.6 is 11.8 Å². The lowest BCUT2D eigenvalue weighted by atomic mass is 10.1. The predicted octanol–water partition coefficient (Wildman–Crippen LogP) is 1.89. The molecule has 1 aliphatic heterocycles. The van der Waals surface area contributed by atoms with E-state index in [9.17, 15) is 4.79 Å². The number of nitrogens with one attached hydrogen (secondary N) is 1. The first-order chi connectivity index (χ1) is 7.75. The van der Waals surface area contributed by atoms with Crippen molar-refractivity contribution >= 4 is 23.4 Å². The molecular formula is C12H16N2OS. The van der Waals surface area contributed by atoms with E-state index in [1.165, 1.54) is 12.2 Å². The van der Waals surface area contributed by atoms with Gasteiger partial charge in [-0.05, 0) is 42.9 Å². The van der Waals surface area contributed by atoms with Crippen molar-refractivity contribution < 1.29 is 4.79 Å². The fourth-order valence-electron chi connectivity index (χ4n) is 1.76. The van der Waals surface area contributed by atoms with E-state index in [2.05, 4.69) is 5.32 Å². The lowest BCUT2D eigenvalue weighted by Crippen LogP contribution is -2.38. The highest BCUT2D eigenvalue weighted by molar-refractivity contribution is 7.99. The van der Waals surface area contributed by atoms with Crippen molar-refractivity contribution in [1.29, 1.82) is 0 Å². The second kappa shape index (κ2) is 5.25. The summed E-state index contributed by atoms with van der Waals surface area (Å²) in [5.74, 6) is 2.25. The van der Waals surface area contributed by atoms with E-state index in [4.69, 9.17) is 5.73 Å². The average Bonchev–Trinajstić information content (AvgIpc) is 2.31. The highest BCUT2D eigenvalue weighted by atomic mass is 32.2. The Morgan fingerprint density at radius 3 is 2.75 bits per heavy atom. The van der Waals surface area contributed by atoms with Crippen LogP contribution in [0.25, 0.3) is 0 Å². The van der Waals surface area contributed by atoms with E-state index in [1.807, 2.05) is 11.8 Å². The van der Waals surface area contributed by atoms with Gasteiger partial charge in [-0.2, -0.15) is 11.8 Å². The Bertz CT molecular complexity index is 358. The molecule has 1 atom stereocenters. The molecule has 1 aromatic rings. The van der Waals surface area contributed by atoms with Gasteiger partial charge in [-0.25, -0.2) is 0 Å². The van der Waals surface area contributed by atoms with Gasteiger partial charge in [0.2, 0.25) is 0 Å². The van der Waals surface area contributed by atoms with Crippen LogP contribution < -0.4 is 11.1 Å². The molecule has 0 radical (unpaired) electrons. The van der Waals surface area contributed by atoms with Crippen molar-refractivity contribution in [1.82, 2.24) is 5.32 Å². The lowest BCUT2D eigenvalue weighted by Gasteiger charge is -2.22. The minimum absolute atomic E-state index is 0.00694. The topological polar surface area (TPSA) is 55.1 Å². The van der Waals surface area contributed by atoms with E-state index in [0.29, 0.717) is 17.3 Å². The standard InChI is InChI=1S/C12H16N2OS/c13-10-5-3-9(4-6-10)12(15)14-11-2-1-7-16-8-11/h3-6,11H,1-2,7-8,13H2,(H,14,15). The van der Waals surface area contributed by atoms with Crippen LogP contribution in [-0.4, -0.2) is 23.5 Å². The summed E-state index contributed by atoms with van der Waals surface area (Å²) in [5, 5.41) is 3.05. The van der Waals surface area contributed by atoms with Crippen LogP contribution in [0.2, 0.25) is 0 Å². The van der Waals surface area contributed by atoms with Crippen LogP contribution in [0.15, 0.2) is 24.3 Å². The molecule has 1 aliphatic rings.